The molecule has 1 saturated heterocycles. The number of amides is 1. The minimum atomic E-state index is -1.06. The van der Waals surface area contributed by atoms with E-state index in [1.165, 1.54) is 4.90 Å². The third-order valence-electron chi connectivity index (χ3n) is 3.40. The predicted molar refractivity (Wildman–Crippen MR) is 70.6 cm³/mol. The summed E-state index contributed by atoms with van der Waals surface area (Å²) in [5.41, 5.74) is 1.22. The van der Waals surface area contributed by atoms with Crippen LogP contribution >= 0.6 is 0 Å². The first-order valence-corrected chi connectivity index (χ1v) is 6.57. The quantitative estimate of drug-likeness (QED) is 0.870. The van der Waals surface area contributed by atoms with Crippen LogP contribution in [0.4, 0.5) is 0 Å². The SMILES string of the molecule is CC(C)c1cc(C(=O)N2CCOC[C@H]2C(=O)O)nn1C. The van der Waals surface area contributed by atoms with Crippen molar-refractivity contribution in [3.63, 3.8) is 0 Å². The minimum absolute atomic E-state index is 0.0188. The molecule has 110 valence electrons. The maximum absolute atomic E-state index is 12.4. The van der Waals surface area contributed by atoms with E-state index in [4.69, 9.17) is 9.84 Å². The number of hydrogen-bond acceptors (Lipinski definition) is 4. The summed E-state index contributed by atoms with van der Waals surface area (Å²) < 4.78 is 6.79. The molecule has 2 rings (SSSR count). The zero-order valence-electron chi connectivity index (χ0n) is 11.9. The molecule has 2 heterocycles. The molecule has 0 radical (unpaired) electrons. The molecule has 0 saturated carbocycles. The Morgan fingerprint density at radius 1 is 1.50 bits per heavy atom. The van der Waals surface area contributed by atoms with E-state index < -0.39 is 12.0 Å². The smallest absolute Gasteiger partial charge is 0.328 e. The molecule has 20 heavy (non-hydrogen) atoms. The largest absolute Gasteiger partial charge is 0.480 e. The van der Waals surface area contributed by atoms with E-state index in [0.29, 0.717) is 6.61 Å². The van der Waals surface area contributed by atoms with E-state index in [2.05, 4.69) is 5.10 Å². The number of hydrogen-bond donors (Lipinski definition) is 1. The Kier molecular flexibility index (Phi) is 4.08. The molecule has 1 aliphatic rings. The lowest BCUT2D eigenvalue weighted by Crippen LogP contribution is -2.52. The minimum Gasteiger partial charge on any atom is -0.480 e. The second kappa shape index (κ2) is 5.62. The van der Waals surface area contributed by atoms with Gasteiger partial charge in [-0.05, 0) is 12.0 Å². The van der Waals surface area contributed by atoms with Crippen LogP contribution in [0.15, 0.2) is 6.07 Å². The van der Waals surface area contributed by atoms with Gasteiger partial charge in [-0.15, -0.1) is 0 Å². The van der Waals surface area contributed by atoms with Crippen molar-refractivity contribution in [2.45, 2.75) is 25.8 Å². The zero-order valence-corrected chi connectivity index (χ0v) is 11.9. The second-order valence-corrected chi connectivity index (χ2v) is 5.16. The van der Waals surface area contributed by atoms with Crippen LogP contribution in [-0.2, 0) is 16.6 Å². The number of aliphatic carboxylic acids is 1. The molecular formula is C13H19N3O4. The highest BCUT2D eigenvalue weighted by molar-refractivity contribution is 5.95. The lowest BCUT2D eigenvalue weighted by Gasteiger charge is -2.32. The summed E-state index contributed by atoms with van der Waals surface area (Å²) in [4.78, 5) is 24.9. The van der Waals surface area contributed by atoms with E-state index in [0.717, 1.165) is 5.69 Å². The summed E-state index contributed by atoms with van der Waals surface area (Å²) in [6, 6.07) is 0.780. The Bertz CT molecular complexity index is 524. The van der Waals surface area contributed by atoms with Gasteiger partial charge in [0.2, 0.25) is 0 Å². The van der Waals surface area contributed by atoms with Crippen molar-refractivity contribution in [1.29, 1.82) is 0 Å². The zero-order chi connectivity index (χ0) is 14.9. The number of carboxylic acid groups (broad SMARTS) is 1. The molecule has 1 amide bonds. The molecule has 1 atom stereocenters. The normalized spacial score (nSPS) is 19.4. The monoisotopic (exact) mass is 281 g/mol. The molecule has 0 aromatic carbocycles. The third-order valence-corrected chi connectivity index (χ3v) is 3.40. The number of aryl methyl sites for hydroxylation is 1. The van der Waals surface area contributed by atoms with E-state index >= 15 is 0 Å². The van der Waals surface area contributed by atoms with Crippen molar-refractivity contribution < 1.29 is 19.4 Å². The number of nitrogens with zero attached hydrogens (tertiary/aromatic N) is 3. The number of carbonyl (C=O) groups is 2. The van der Waals surface area contributed by atoms with Crippen LogP contribution in [0.25, 0.3) is 0 Å². The first-order valence-electron chi connectivity index (χ1n) is 6.57. The van der Waals surface area contributed by atoms with Crippen molar-refractivity contribution >= 4 is 11.9 Å². The van der Waals surface area contributed by atoms with Gasteiger partial charge in [0.1, 0.15) is 0 Å². The van der Waals surface area contributed by atoms with Gasteiger partial charge >= 0.3 is 5.97 Å². The molecule has 1 aliphatic heterocycles. The summed E-state index contributed by atoms with van der Waals surface area (Å²) in [6.07, 6.45) is 0. The highest BCUT2D eigenvalue weighted by atomic mass is 16.5. The average molecular weight is 281 g/mol. The number of ether oxygens (including phenoxy) is 1. The third kappa shape index (κ3) is 2.67. The van der Waals surface area contributed by atoms with E-state index in [1.807, 2.05) is 13.8 Å². The fraction of sp³-hybridized carbons (Fsp3) is 0.615. The van der Waals surface area contributed by atoms with Crippen molar-refractivity contribution in [3.05, 3.63) is 17.5 Å². The fourth-order valence-electron chi connectivity index (χ4n) is 2.33. The first kappa shape index (κ1) is 14.5. The van der Waals surface area contributed by atoms with Crippen molar-refractivity contribution in [3.8, 4) is 0 Å². The van der Waals surface area contributed by atoms with Gasteiger partial charge in [-0.1, -0.05) is 13.8 Å². The Morgan fingerprint density at radius 2 is 2.20 bits per heavy atom. The highest BCUT2D eigenvalue weighted by Crippen LogP contribution is 2.17. The summed E-state index contributed by atoms with van der Waals surface area (Å²) in [5.74, 6) is -1.17. The molecule has 1 aromatic rings. The van der Waals surface area contributed by atoms with Gasteiger partial charge in [0.05, 0.1) is 13.2 Å². The van der Waals surface area contributed by atoms with Crippen molar-refractivity contribution in [1.82, 2.24) is 14.7 Å². The van der Waals surface area contributed by atoms with Crippen LogP contribution in [0.5, 0.6) is 0 Å². The van der Waals surface area contributed by atoms with Gasteiger partial charge in [0, 0.05) is 19.3 Å². The number of carboxylic acids is 1. The Morgan fingerprint density at radius 3 is 2.75 bits per heavy atom. The summed E-state index contributed by atoms with van der Waals surface area (Å²) in [7, 11) is 1.78. The van der Waals surface area contributed by atoms with Crippen LogP contribution in [0, 0.1) is 0 Å². The van der Waals surface area contributed by atoms with Crippen molar-refractivity contribution in [2.75, 3.05) is 19.8 Å². The first-order chi connectivity index (χ1) is 9.41. The van der Waals surface area contributed by atoms with Crippen LogP contribution in [-0.4, -0.2) is 57.5 Å². The van der Waals surface area contributed by atoms with Crippen LogP contribution in [0.2, 0.25) is 0 Å². The van der Waals surface area contributed by atoms with Gasteiger partial charge in [-0.3, -0.25) is 9.48 Å². The number of aromatic nitrogens is 2. The van der Waals surface area contributed by atoms with Crippen LogP contribution in [0.3, 0.4) is 0 Å². The molecule has 7 heteroatoms. The van der Waals surface area contributed by atoms with E-state index in [-0.39, 0.29) is 30.7 Å². The Hall–Kier alpha value is -1.89. The van der Waals surface area contributed by atoms with Gasteiger partial charge in [0.25, 0.3) is 5.91 Å². The van der Waals surface area contributed by atoms with Crippen LogP contribution < -0.4 is 0 Å². The highest BCUT2D eigenvalue weighted by Gasteiger charge is 2.34. The molecular weight excluding hydrogens is 262 g/mol. The average Bonchev–Trinajstić information content (AvgIpc) is 2.80. The standard InChI is InChI=1S/C13H19N3O4/c1-8(2)10-6-9(14-15(10)3)12(17)16-4-5-20-7-11(16)13(18)19/h6,8,11H,4-5,7H2,1-3H3,(H,18,19)/t11-/m0/s1. The maximum Gasteiger partial charge on any atom is 0.328 e. The molecule has 0 bridgehead atoms. The van der Waals surface area contributed by atoms with Gasteiger partial charge < -0.3 is 14.7 Å². The van der Waals surface area contributed by atoms with Crippen molar-refractivity contribution in [2.24, 2.45) is 7.05 Å². The Labute approximate surface area is 117 Å². The molecule has 1 N–H and O–H groups in total. The molecule has 7 nitrogen and oxygen atoms in total. The molecule has 0 spiro atoms. The topological polar surface area (TPSA) is 84.7 Å². The lowest BCUT2D eigenvalue weighted by molar-refractivity contribution is -0.147. The maximum atomic E-state index is 12.4. The predicted octanol–water partition coefficient (Wildman–Crippen LogP) is 0.469. The Balaban J connectivity index is 2.25. The molecule has 0 unspecified atom stereocenters. The molecule has 1 fully saturated rings. The van der Waals surface area contributed by atoms with Crippen LogP contribution in [0.1, 0.15) is 35.9 Å². The van der Waals surface area contributed by atoms with Gasteiger partial charge in [0.15, 0.2) is 11.7 Å². The molecule has 1 aromatic heterocycles. The fourth-order valence-corrected chi connectivity index (χ4v) is 2.33. The van der Waals surface area contributed by atoms with Gasteiger partial charge in [-0.2, -0.15) is 5.10 Å². The van der Waals surface area contributed by atoms with Gasteiger partial charge in [-0.25, -0.2) is 4.79 Å². The summed E-state index contributed by atoms with van der Waals surface area (Å²) in [6.45, 7) is 4.66. The number of rotatable bonds is 3. The summed E-state index contributed by atoms with van der Waals surface area (Å²) >= 11 is 0. The molecule has 0 aliphatic carbocycles. The lowest BCUT2D eigenvalue weighted by atomic mass is 10.1. The van der Waals surface area contributed by atoms with E-state index in [1.54, 1.807) is 17.8 Å². The summed E-state index contributed by atoms with van der Waals surface area (Å²) in [5, 5.41) is 13.3. The number of carbonyl (C=O) groups excluding carboxylic acids is 1. The number of morpholine rings is 1. The van der Waals surface area contributed by atoms with E-state index in [9.17, 15) is 9.59 Å². The second-order valence-electron chi connectivity index (χ2n) is 5.16.